The van der Waals surface area contributed by atoms with Crippen LogP contribution in [-0.2, 0) is 6.54 Å². The highest BCUT2D eigenvalue weighted by Crippen LogP contribution is 2.40. The van der Waals surface area contributed by atoms with Crippen LogP contribution in [0.2, 0.25) is 0 Å². The molecule has 6 heteroatoms. The molecule has 0 atom stereocenters. The summed E-state index contributed by atoms with van der Waals surface area (Å²) in [6.45, 7) is 0.426. The Morgan fingerprint density at radius 1 is 1.47 bits per heavy atom. The summed E-state index contributed by atoms with van der Waals surface area (Å²) < 4.78 is 5.14. The van der Waals surface area contributed by atoms with Gasteiger partial charge in [-0.05, 0) is 24.5 Å². The Hall–Kier alpha value is -2.21. The molecule has 0 spiro atoms. The lowest BCUT2D eigenvalue weighted by molar-refractivity contribution is 0.101. The van der Waals surface area contributed by atoms with Crippen molar-refractivity contribution in [1.82, 2.24) is 10.1 Å². The second-order valence-corrected chi connectivity index (χ2v) is 4.60. The third kappa shape index (κ3) is 2.63. The molecule has 3 rings (SSSR count). The van der Waals surface area contributed by atoms with Crippen LogP contribution in [0, 0.1) is 0 Å². The third-order valence-electron chi connectivity index (χ3n) is 3.04. The van der Waals surface area contributed by atoms with Crippen molar-refractivity contribution in [3.8, 4) is 0 Å². The van der Waals surface area contributed by atoms with E-state index in [4.69, 9.17) is 10.3 Å². The number of nitrogens with zero attached hydrogens (tertiary/aromatic N) is 2. The Morgan fingerprint density at radius 3 is 2.95 bits per heavy atom. The Morgan fingerprint density at radius 2 is 2.32 bits per heavy atom. The van der Waals surface area contributed by atoms with Gasteiger partial charge in [0.1, 0.15) is 11.6 Å². The summed E-state index contributed by atoms with van der Waals surface area (Å²) in [5.41, 5.74) is 6.68. The monoisotopic (exact) mass is 258 g/mol. The van der Waals surface area contributed by atoms with E-state index in [1.54, 1.807) is 18.3 Å². The molecule has 0 saturated heterocycles. The number of carbonyl (C=O) groups is 1. The van der Waals surface area contributed by atoms with E-state index in [9.17, 15) is 4.79 Å². The van der Waals surface area contributed by atoms with Crippen LogP contribution >= 0.6 is 0 Å². The zero-order valence-electron chi connectivity index (χ0n) is 10.3. The van der Waals surface area contributed by atoms with Crippen LogP contribution in [0.1, 0.15) is 40.6 Å². The summed E-state index contributed by atoms with van der Waals surface area (Å²) in [6, 6.07) is 5.23. The van der Waals surface area contributed by atoms with Crippen molar-refractivity contribution >= 4 is 11.7 Å². The second kappa shape index (κ2) is 4.81. The Bertz CT molecular complexity index is 587. The number of amides is 1. The average molecular weight is 258 g/mol. The van der Waals surface area contributed by atoms with Crippen molar-refractivity contribution < 1.29 is 9.32 Å². The first-order chi connectivity index (χ1) is 9.26. The summed E-state index contributed by atoms with van der Waals surface area (Å²) in [5, 5.41) is 6.44. The molecule has 1 amide bonds. The molecule has 0 unspecified atom stereocenters. The van der Waals surface area contributed by atoms with Gasteiger partial charge in [0.25, 0.3) is 5.91 Å². The molecule has 1 saturated carbocycles. The Kier molecular flexibility index (Phi) is 3.00. The van der Waals surface area contributed by atoms with Crippen LogP contribution in [0.15, 0.2) is 28.9 Å². The average Bonchev–Trinajstić information content (AvgIpc) is 3.17. The van der Waals surface area contributed by atoms with Gasteiger partial charge in [-0.1, -0.05) is 11.2 Å². The number of pyridine rings is 1. The van der Waals surface area contributed by atoms with Gasteiger partial charge in [-0.25, -0.2) is 4.98 Å². The van der Waals surface area contributed by atoms with Crippen molar-refractivity contribution in [2.75, 3.05) is 5.32 Å². The van der Waals surface area contributed by atoms with E-state index in [0.29, 0.717) is 18.3 Å². The first-order valence-corrected chi connectivity index (χ1v) is 6.19. The lowest BCUT2D eigenvalue weighted by atomic mass is 10.2. The minimum absolute atomic E-state index is 0.284. The summed E-state index contributed by atoms with van der Waals surface area (Å²) in [5.74, 6) is 1.38. The minimum Gasteiger partial charge on any atom is -0.360 e. The first-order valence-electron chi connectivity index (χ1n) is 6.19. The van der Waals surface area contributed by atoms with Crippen molar-refractivity contribution in [3.05, 3.63) is 41.4 Å². The van der Waals surface area contributed by atoms with Gasteiger partial charge in [0.2, 0.25) is 0 Å². The molecule has 2 heterocycles. The van der Waals surface area contributed by atoms with Gasteiger partial charge in [-0.15, -0.1) is 0 Å². The third-order valence-corrected chi connectivity index (χ3v) is 3.04. The van der Waals surface area contributed by atoms with E-state index < -0.39 is 0 Å². The Labute approximate surface area is 110 Å². The molecule has 6 nitrogen and oxygen atoms in total. The largest absolute Gasteiger partial charge is 0.360 e. The molecule has 0 radical (unpaired) electrons. The number of hydrogen-bond acceptors (Lipinski definition) is 5. The van der Waals surface area contributed by atoms with Crippen LogP contribution in [0.4, 0.5) is 5.82 Å². The first kappa shape index (κ1) is 11.9. The number of anilines is 1. The van der Waals surface area contributed by atoms with E-state index in [2.05, 4.69) is 15.5 Å². The molecule has 98 valence electrons. The lowest BCUT2D eigenvalue weighted by Gasteiger charge is -2.02. The van der Waals surface area contributed by atoms with Crippen LogP contribution in [0.25, 0.3) is 0 Å². The van der Waals surface area contributed by atoms with E-state index in [1.165, 1.54) is 0 Å². The quantitative estimate of drug-likeness (QED) is 0.869. The zero-order valence-corrected chi connectivity index (χ0v) is 10.3. The SMILES string of the molecule is NCc1ccc(NC(=O)c2cc(C3CC3)on2)nc1. The number of rotatable bonds is 4. The number of aromatic nitrogens is 2. The van der Waals surface area contributed by atoms with Crippen LogP contribution in [-0.4, -0.2) is 16.0 Å². The van der Waals surface area contributed by atoms with E-state index in [-0.39, 0.29) is 11.6 Å². The zero-order chi connectivity index (χ0) is 13.2. The maximum atomic E-state index is 11.9. The van der Waals surface area contributed by atoms with E-state index in [1.807, 2.05) is 6.07 Å². The van der Waals surface area contributed by atoms with Crippen LogP contribution < -0.4 is 11.1 Å². The van der Waals surface area contributed by atoms with E-state index >= 15 is 0 Å². The summed E-state index contributed by atoms with van der Waals surface area (Å²) >= 11 is 0. The van der Waals surface area contributed by atoms with Crippen LogP contribution in [0.5, 0.6) is 0 Å². The van der Waals surface area contributed by atoms with Gasteiger partial charge < -0.3 is 15.6 Å². The fourth-order valence-corrected chi connectivity index (χ4v) is 1.76. The predicted octanol–water partition coefficient (Wildman–Crippen LogP) is 1.66. The van der Waals surface area contributed by atoms with Gasteiger partial charge in [0, 0.05) is 24.7 Å². The molecule has 1 aliphatic carbocycles. The second-order valence-electron chi connectivity index (χ2n) is 4.60. The molecule has 19 heavy (non-hydrogen) atoms. The molecule has 0 aromatic carbocycles. The summed E-state index contributed by atoms with van der Waals surface area (Å²) in [4.78, 5) is 16.0. The normalized spacial score (nSPS) is 14.4. The highest BCUT2D eigenvalue weighted by molar-refractivity contribution is 6.02. The van der Waals surface area contributed by atoms with Crippen molar-refractivity contribution in [3.63, 3.8) is 0 Å². The molecule has 2 aromatic rings. The van der Waals surface area contributed by atoms with Gasteiger partial charge in [0.15, 0.2) is 5.69 Å². The molecular formula is C13H14N4O2. The predicted molar refractivity (Wildman–Crippen MR) is 68.6 cm³/mol. The highest BCUT2D eigenvalue weighted by atomic mass is 16.5. The Balaban J connectivity index is 1.68. The van der Waals surface area contributed by atoms with Crippen molar-refractivity contribution in [1.29, 1.82) is 0 Å². The van der Waals surface area contributed by atoms with Gasteiger partial charge in [-0.2, -0.15) is 0 Å². The smallest absolute Gasteiger partial charge is 0.279 e. The maximum absolute atomic E-state index is 11.9. The maximum Gasteiger partial charge on any atom is 0.279 e. The minimum atomic E-state index is -0.316. The molecule has 0 aliphatic heterocycles. The molecule has 1 aliphatic rings. The number of nitrogens with one attached hydrogen (secondary N) is 1. The molecule has 0 bridgehead atoms. The van der Waals surface area contributed by atoms with Gasteiger partial charge in [-0.3, -0.25) is 4.79 Å². The summed E-state index contributed by atoms with van der Waals surface area (Å²) in [7, 11) is 0. The number of nitrogens with two attached hydrogens (primary N) is 1. The lowest BCUT2D eigenvalue weighted by Crippen LogP contribution is -2.13. The highest BCUT2D eigenvalue weighted by Gasteiger charge is 2.28. The molecule has 3 N–H and O–H groups in total. The van der Waals surface area contributed by atoms with Crippen molar-refractivity contribution in [2.24, 2.45) is 5.73 Å². The fraction of sp³-hybridized carbons (Fsp3) is 0.308. The topological polar surface area (TPSA) is 94.0 Å². The van der Waals surface area contributed by atoms with Gasteiger partial charge >= 0.3 is 0 Å². The summed E-state index contributed by atoms with van der Waals surface area (Å²) in [6.07, 6.45) is 3.85. The van der Waals surface area contributed by atoms with Crippen LogP contribution in [0.3, 0.4) is 0 Å². The molecule has 2 aromatic heterocycles. The molecule has 1 fully saturated rings. The van der Waals surface area contributed by atoms with Gasteiger partial charge in [0.05, 0.1) is 0 Å². The fourth-order valence-electron chi connectivity index (χ4n) is 1.76. The standard InChI is InChI=1S/C13H14N4O2/c14-6-8-1-4-12(15-7-8)16-13(18)10-5-11(19-17-10)9-2-3-9/h1,4-5,7,9H,2-3,6,14H2,(H,15,16,18). The van der Waals surface area contributed by atoms with E-state index in [0.717, 1.165) is 24.2 Å². The molecular weight excluding hydrogens is 244 g/mol. The number of hydrogen-bond donors (Lipinski definition) is 2. The number of carbonyl (C=O) groups excluding carboxylic acids is 1. The van der Waals surface area contributed by atoms with Crippen molar-refractivity contribution in [2.45, 2.75) is 25.3 Å².